The van der Waals surface area contributed by atoms with Crippen LogP contribution in [-0.2, 0) is 4.79 Å². The Hall–Kier alpha value is 0.120. The van der Waals surface area contributed by atoms with Gasteiger partial charge in [-0.15, -0.1) is 0 Å². The van der Waals surface area contributed by atoms with Crippen molar-refractivity contribution in [1.29, 1.82) is 0 Å². The zero-order valence-corrected chi connectivity index (χ0v) is 7.41. The van der Waals surface area contributed by atoms with Gasteiger partial charge in [0.2, 0.25) is 0 Å². The van der Waals surface area contributed by atoms with Crippen molar-refractivity contribution in [3.05, 3.63) is 0 Å². The molecule has 1 aliphatic rings. The van der Waals surface area contributed by atoms with Gasteiger partial charge in [0.25, 0.3) is 0 Å². The highest BCUT2D eigenvalue weighted by Crippen LogP contribution is 2.23. The molecular weight excluding hydrogens is 249 g/mol. The second-order valence-electron chi connectivity index (χ2n) is 2.43. The number of rotatable bonds is 1. The summed E-state index contributed by atoms with van der Waals surface area (Å²) in [5, 5.41) is 17.8. The number of hydrogen-bond donors (Lipinski definition) is 2. The van der Waals surface area contributed by atoms with Gasteiger partial charge >= 0.3 is 5.97 Å². The summed E-state index contributed by atoms with van der Waals surface area (Å²) in [6.45, 7) is 0.867. The third-order valence-corrected chi connectivity index (χ3v) is 2.42. The SMILES string of the molecule is O=C(O)C1(O)CCN(I)C1. The first kappa shape index (κ1) is 8.22. The lowest BCUT2D eigenvalue weighted by Gasteiger charge is -2.14. The maximum atomic E-state index is 10.4. The molecular formula is C5H8INO3. The normalized spacial score (nSPS) is 34.6. The van der Waals surface area contributed by atoms with Crippen LogP contribution in [0.5, 0.6) is 0 Å². The summed E-state index contributed by atoms with van der Waals surface area (Å²) in [7, 11) is 0. The molecule has 4 nitrogen and oxygen atoms in total. The first-order valence-corrected chi connectivity index (χ1v) is 3.87. The Morgan fingerprint density at radius 3 is 2.50 bits per heavy atom. The van der Waals surface area contributed by atoms with E-state index in [1.54, 1.807) is 3.11 Å². The van der Waals surface area contributed by atoms with Crippen molar-refractivity contribution in [3.63, 3.8) is 0 Å². The number of carboxylic acids is 1. The van der Waals surface area contributed by atoms with Crippen molar-refractivity contribution in [1.82, 2.24) is 3.11 Å². The molecule has 0 aromatic carbocycles. The predicted octanol–water partition coefficient (Wildman–Crippen LogP) is -0.142. The number of halogens is 1. The van der Waals surface area contributed by atoms with Gasteiger partial charge in [-0.25, -0.2) is 7.91 Å². The van der Waals surface area contributed by atoms with E-state index in [1.165, 1.54) is 0 Å². The molecule has 1 atom stereocenters. The quantitative estimate of drug-likeness (QED) is 0.507. The molecule has 2 N–H and O–H groups in total. The third-order valence-electron chi connectivity index (χ3n) is 1.60. The van der Waals surface area contributed by atoms with Crippen LogP contribution in [0.15, 0.2) is 0 Å². The van der Waals surface area contributed by atoms with E-state index >= 15 is 0 Å². The van der Waals surface area contributed by atoms with Crippen LogP contribution >= 0.6 is 22.9 Å². The van der Waals surface area contributed by atoms with Crippen molar-refractivity contribution in [3.8, 4) is 0 Å². The van der Waals surface area contributed by atoms with Crippen LogP contribution in [-0.4, -0.2) is 38.0 Å². The van der Waals surface area contributed by atoms with Gasteiger partial charge in [-0.3, -0.25) is 0 Å². The molecule has 0 bridgehead atoms. The molecule has 0 aromatic heterocycles. The third kappa shape index (κ3) is 1.40. The summed E-state index contributed by atoms with van der Waals surface area (Å²) < 4.78 is 1.77. The average molecular weight is 257 g/mol. The Kier molecular flexibility index (Phi) is 2.16. The van der Waals surface area contributed by atoms with E-state index < -0.39 is 11.6 Å². The Morgan fingerprint density at radius 1 is 1.70 bits per heavy atom. The standard InChI is InChI=1S/C5H8INO3/c6-7-2-1-5(10,3-7)4(8)9/h10H,1-3H2,(H,8,9). The topological polar surface area (TPSA) is 60.8 Å². The van der Waals surface area contributed by atoms with Crippen molar-refractivity contribution < 1.29 is 15.0 Å². The molecule has 0 aliphatic carbocycles. The zero-order valence-electron chi connectivity index (χ0n) is 5.25. The molecule has 1 fully saturated rings. The van der Waals surface area contributed by atoms with Crippen LogP contribution in [0.1, 0.15) is 6.42 Å². The van der Waals surface area contributed by atoms with Crippen LogP contribution in [0.25, 0.3) is 0 Å². The van der Waals surface area contributed by atoms with Crippen molar-refractivity contribution in [2.24, 2.45) is 0 Å². The Balaban J connectivity index is 2.63. The highest BCUT2D eigenvalue weighted by Gasteiger charge is 2.42. The fourth-order valence-electron chi connectivity index (χ4n) is 0.923. The predicted molar refractivity (Wildman–Crippen MR) is 42.8 cm³/mol. The van der Waals surface area contributed by atoms with Crippen molar-refractivity contribution in [2.45, 2.75) is 12.0 Å². The number of hydrogen-bond acceptors (Lipinski definition) is 3. The molecule has 0 spiro atoms. The first-order valence-electron chi connectivity index (χ1n) is 2.91. The van der Waals surface area contributed by atoms with Gasteiger partial charge in [0.15, 0.2) is 5.60 Å². The summed E-state index contributed by atoms with van der Waals surface area (Å²) in [5.41, 5.74) is -1.50. The number of aliphatic hydroxyl groups is 1. The number of β-amino-alcohol motifs (C(OH)–C–C–N with tert-alkyl or cyclic N) is 1. The van der Waals surface area contributed by atoms with E-state index in [0.29, 0.717) is 13.0 Å². The fourth-order valence-corrected chi connectivity index (χ4v) is 1.73. The number of nitrogens with zero attached hydrogens (tertiary/aromatic N) is 1. The molecule has 1 heterocycles. The van der Waals surface area contributed by atoms with Gasteiger partial charge < -0.3 is 10.2 Å². The van der Waals surface area contributed by atoms with Crippen LogP contribution in [0.3, 0.4) is 0 Å². The molecule has 1 aliphatic heterocycles. The summed E-state index contributed by atoms with van der Waals surface area (Å²) in [6, 6.07) is 0. The summed E-state index contributed by atoms with van der Waals surface area (Å²) in [6.07, 6.45) is 0.325. The average Bonchev–Trinajstić information content (AvgIpc) is 2.13. The van der Waals surface area contributed by atoms with Crippen molar-refractivity contribution in [2.75, 3.05) is 13.1 Å². The molecule has 0 saturated carbocycles. The van der Waals surface area contributed by atoms with Gasteiger partial charge in [-0.1, -0.05) is 0 Å². The molecule has 58 valence electrons. The summed E-state index contributed by atoms with van der Waals surface area (Å²) in [5.74, 6) is -1.12. The number of carboxylic acid groups (broad SMARTS) is 1. The van der Waals surface area contributed by atoms with Gasteiger partial charge in [0, 0.05) is 42.4 Å². The maximum absolute atomic E-state index is 10.4. The lowest BCUT2D eigenvalue weighted by Crippen LogP contribution is -2.39. The first-order chi connectivity index (χ1) is 4.54. The molecule has 1 saturated heterocycles. The van der Waals surface area contributed by atoms with Gasteiger partial charge in [0.05, 0.1) is 0 Å². The van der Waals surface area contributed by atoms with E-state index in [4.69, 9.17) is 5.11 Å². The second kappa shape index (κ2) is 2.63. The number of carbonyl (C=O) groups is 1. The molecule has 5 heteroatoms. The van der Waals surface area contributed by atoms with Gasteiger partial charge in [-0.2, -0.15) is 0 Å². The second-order valence-corrected chi connectivity index (χ2v) is 3.80. The fraction of sp³-hybridized carbons (Fsp3) is 0.800. The molecule has 1 rings (SSSR count). The highest BCUT2D eigenvalue weighted by atomic mass is 127. The van der Waals surface area contributed by atoms with E-state index in [-0.39, 0.29) is 6.54 Å². The minimum absolute atomic E-state index is 0.225. The molecule has 1 unspecified atom stereocenters. The lowest BCUT2D eigenvalue weighted by molar-refractivity contribution is -0.156. The highest BCUT2D eigenvalue weighted by molar-refractivity contribution is 14.1. The Bertz CT molecular complexity index is 163. The molecule has 0 aromatic rings. The van der Waals surface area contributed by atoms with E-state index in [2.05, 4.69) is 0 Å². The summed E-state index contributed by atoms with van der Waals surface area (Å²) in [4.78, 5) is 10.4. The summed E-state index contributed by atoms with van der Waals surface area (Å²) >= 11 is 2.00. The van der Waals surface area contributed by atoms with Crippen molar-refractivity contribution >= 4 is 28.8 Å². The maximum Gasteiger partial charge on any atom is 0.337 e. The van der Waals surface area contributed by atoms with Crippen LogP contribution in [0.4, 0.5) is 0 Å². The van der Waals surface area contributed by atoms with E-state index in [1.807, 2.05) is 22.9 Å². The minimum atomic E-state index is -1.50. The zero-order chi connectivity index (χ0) is 7.78. The lowest BCUT2D eigenvalue weighted by atomic mass is 10.1. The minimum Gasteiger partial charge on any atom is -0.479 e. The Labute approximate surface area is 72.3 Å². The molecule has 0 amide bonds. The smallest absolute Gasteiger partial charge is 0.337 e. The molecule has 10 heavy (non-hydrogen) atoms. The monoisotopic (exact) mass is 257 g/mol. The van der Waals surface area contributed by atoms with Crippen LogP contribution < -0.4 is 0 Å². The van der Waals surface area contributed by atoms with Gasteiger partial charge in [0.1, 0.15) is 0 Å². The Morgan fingerprint density at radius 2 is 2.30 bits per heavy atom. The molecule has 0 radical (unpaired) electrons. The van der Waals surface area contributed by atoms with Gasteiger partial charge in [-0.05, 0) is 0 Å². The van der Waals surface area contributed by atoms with Crippen LogP contribution in [0, 0.1) is 0 Å². The number of aliphatic carboxylic acids is 1. The van der Waals surface area contributed by atoms with E-state index in [0.717, 1.165) is 0 Å². The largest absolute Gasteiger partial charge is 0.479 e. The van der Waals surface area contributed by atoms with Crippen LogP contribution in [0.2, 0.25) is 0 Å². The van der Waals surface area contributed by atoms with E-state index in [9.17, 15) is 9.90 Å².